The maximum absolute atomic E-state index is 12.0. The number of nitrogens with zero attached hydrogens (tertiary/aromatic N) is 2. The summed E-state index contributed by atoms with van der Waals surface area (Å²) in [6.45, 7) is 1.83. The van der Waals surface area contributed by atoms with Gasteiger partial charge in [-0.05, 0) is 19.8 Å². The predicted molar refractivity (Wildman–Crippen MR) is 66.3 cm³/mol. The number of aromatic nitrogens is 2. The molecule has 1 aromatic rings. The molecule has 2 rings (SSSR count). The molecule has 0 saturated heterocycles. The molecule has 1 aliphatic rings. The maximum atomic E-state index is 12.0. The summed E-state index contributed by atoms with van der Waals surface area (Å²) in [5.41, 5.74) is 4.97. The van der Waals surface area contributed by atoms with Gasteiger partial charge in [-0.1, -0.05) is 30.0 Å². The van der Waals surface area contributed by atoms with Crippen molar-refractivity contribution in [2.24, 2.45) is 11.1 Å². The SMILES string of the molecule is Cc1nnc(NC(=O)C2(C(N)=S)CCC2)s1. The lowest BCUT2D eigenvalue weighted by molar-refractivity contribution is -0.125. The van der Waals surface area contributed by atoms with Crippen molar-refractivity contribution in [3.63, 3.8) is 0 Å². The van der Waals surface area contributed by atoms with E-state index in [2.05, 4.69) is 15.5 Å². The highest BCUT2D eigenvalue weighted by molar-refractivity contribution is 7.80. The summed E-state index contributed by atoms with van der Waals surface area (Å²) >= 11 is 6.30. The predicted octanol–water partition coefficient (Wildman–Crippen LogP) is 1.24. The lowest BCUT2D eigenvalue weighted by atomic mass is 9.68. The van der Waals surface area contributed by atoms with Crippen molar-refractivity contribution in [1.82, 2.24) is 10.2 Å². The second-order valence-electron chi connectivity index (χ2n) is 3.88. The minimum absolute atomic E-state index is 0.151. The summed E-state index contributed by atoms with van der Waals surface area (Å²) in [6, 6.07) is 0. The third kappa shape index (κ3) is 1.80. The molecule has 1 aromatic heterocycles. The largest absolute Gasteiger partial charge is 0.392 e. The number of nitrogens with one attached hydrogen (secondary N) is 1. The third-order valence-corrected chi connectivity index (χ3v) is 4.00. The number of hydrogen-bond acceptors (Lipinski definition) is 5. The number of amides is 1. The molecule has 1 aliphatic carbocycles. The van der Waals surface area contributed by atoms with Gasteiger partial charge in [-0.25, -0.2) is 0 Å². The van der Waals surface area contributed by atoms with Crippen LogP contribution in [-0.4, -0.2) is 21.1 Å². The molecule has 0 aromatic carbocycles. The van der Waals surface area contributed by atoms with E-state index >= 15 is 0 Å². The van der Waals surface area contributed by atoms with Gasteiger partial charge in [0, 0.05) is 0 Å². The normalized spacial score (nSPS) is 17.6. The summed E-state index contributed by atoms with van der Waals surface area (Å²) in [6.07, 6.45) is 2.44. The van der Waals surface area contributed by atoms with Crippen molar-refractivity contribution < 1.29 is 4.79 Å². The molecular formula is C9H12N4OS2. The second-order valence-corrected chi connectivity index (χ2v) is 5.50. The fourth-order valence-electron chi connectivity index (χ4n) is 1.68. The number of nitrogens with two attached hydrogens (primary N) is 1. The van der Waals surface area contributed by atoms with Crippen LogP contribution in [0.25, 0.3) is 0 Å². The quantitative estimate of drug-likeness (QED) is 0.795. The smallest absolute Gasteiger partial charge is 0.239 e. The van der Waals surface area contributed by atoms with Crippen LogP contribution in [0.2, 0.25) is 0 Å². The molecule has 0 bridgehead atoms. The van der Waals surface area contributed by atoms with E-state index in [-0.39, 0.29) is 10.9 Å². The summed E-state index contributed by atoms with van der Waals surface area (Å²) in [5, 5.41) is 11.7. The van der Waals surface area contributed by atoms with E-state index in [0.29, 0.717) is 5.13 Å². The number of carbonyl (C=O) groups is 1. The Morgan fingerprint density at radius 1 is 1.56 bits per heavy atom. The Kier molecular flexibility index (Phi) is 2.90. The first-order chi connectivity index (χ1) is 7.54. The Morgan fingerprint density at radius 2 is 2.25 bits per heavy atom. The van der Waals surface area contributed by atoms with Crippen molar-refractivity contribution >= 4 is 39.6 Å². The average molecular weight is 256 g/mol. The standard InChI is InChI=1S/C9H12N4OS2/c1-5-12-13-8(16-5)11-7(14)9(6(10)15)3-2-4-9/h2-4H2,1H3,(H2,10,15)(H,11,13,14). The molecule has 1 heterocycles. The monoisotopic (exact) mass is 256 g/mol. The molecule has 0 spiro atoms. The first kappa shape index (κ1) is 11.4. The number of rotatable bonds is 3. The molecule has 0 unspecified atom stereocenters. The first-order valence-electron chi connectivity index (χ1n) is 4.96. The van der Waals surface area contributed by atoms with Gasteiger partial charge in [-0.3, -0.25) is 10.1 Å². The minimum atomic E-state index is -0.658. The van der Waals surface area contributed by atoms with E-state index in [1.165, 1.54) is 11.3 Å². The number of thiocarbonyl (C=S) groups is 1. The van der Waals surface area contributed by atoms with Gasteiger partial charge in [0.2, 0.25) is 11.0 Å². The van der Waals surface area contributed by atoms with Gasteiger partial charge in [-0.15, -0.1) is 10.2 Å². The van der Waals surface area contributed by atoms with Crippen molar-refractivity contribution in [1.29, 1.82) is 0 Å². The molecular weight excluding hydrogens is 244 g/mol. The zero-order valence-electron chi connectivity index (χ0n) is 8.82. The number of aryl methyl sites for hydroxylation is 1. The van der Waals surface area contributed by atoms with E-state index in [0.717, 1.165) is 24.3 Å². The topological polar surface area (TPSA) is 80.9 Å². The van der Waals surface area contributed by atoms with Crippen LogP contribution in [0.5, 0.6) is 0 Å². The maximum Gasteiger partial charge on any atom is 0.239 e. The molecule has 0 atom stereocenters. The van der Waals surface area contributed by atoms with Crippen LogP contribution in [-0.2, 0) is 4.79 Å². The van der Waals surface area contributed by atoms with Gasteiger partial charge in [0.1, 0.15) is 5.01 Å². The van der Waals surface area contributed by atoms with E-state index in [4.69, 9.17) is 18.0 Å². The molecule has 1 fully saturated rings. The Balaban J connectivity index is 2.10. The van der Waals surface area contributed by atoms with Gasteiger partial charge < -0.3 is 5.73 Å². The van der Waals surface area contributed by atoms with E-state index < -0.39 is 5.41 Å². The van der Waals surface area contributed by atoms with Crippen molar-refractivity contribution in [3.8, 4) is 0 Å². The van der Waals surface area contributed by atoms with Crippen molar-refractivity contribution in [2.45, 2.75) is 26.2 Å². The van der Waals surface area contributed by atoms with E-state index in [1.54, 1.807) is 0 Å². The highest BCUT2D eigenvalue weighted by Gasteiger charge is 2.47. The minimum Gasteiger partial charge on any atom is -0.392 e. The lowest BCUT2D eigenvalue weighted by Crippen LogP contribution is -2.50. The molecule has 5 nitrogen and oxygen atoms in total. The van der Waals surface area contributed by atoms with Crippen LogP contribution >= 0.6 is 23.6 Å². The summed E-state index contributed by atoms with van der Waals surface area (Å²) in [4.78, 5) is 12.3. The van der Waals surface area contributed by atoms with Crippen LogP contribution in [0, 0.1) is 12.3 Å². The molecule has 0 aliphatic heterocycles. The highest BCUT2D eigenvalue weighted by Crippen LogP contribution is 2.42. The Bertz CT molecular complexity index is 438. The molecule has 3 N–H and O–H groups in total. The highest BCUT2D eigenvalue weighted by atomic mass is 32.1. The average Bonchev–Trinajstić information content (AvgIpc) is 2.47. The van der Waals surface area contributed by atoms with E-state index in [9.17, 15) is 4.79 Å². The molecule has 1 amide bonds. The van der Waals surface area contributed by atoms with Gasteiger partial charge in [-0.2, -0.15) is 0 Å². The first-order valence-corrected chi connectivity index (χ1v) is 6.18. The summed E-state index contributed by atoms with van der Waals surface area (Å²) < 4.78 is 0. The third-order valence-electron chi connectivity index (χ3n) is 2.86. The molecule has 7 heteroatoms. The molecule has 1 saturated carbocycles. The van der Waals surface area contributed by atoms with Crippen LogP contribution in [0.1, 0.15) is 24.3 Å². The van der Waals surface area contributed by atoms with Gasteiger partial charge in [0.15, 0.2) is 0 Å². The summed E-state index contributed by atoms with van der Waals surface area (Å²) in [5.74, 6) is -0.151. The molecule has 0 radical (unpaired) electrons. The molecule has 86 valence electrons. The van der Waals surface area contributed by atoms with Crippen LogP contribution in [0.3, 0.4) is 0 Å². The number of anilines is 1. The van der Waals surface area contributed by atoms with Crippen LogP contribution in [0.15, 0.2) is 0 Å². The molecule has 16 heavy (non-hydrogen) atoms. The van der Waals surface area contributed by atoms with Gasteiger partial charge in [0.05, 0.1) is 10.4 Å². The summed E-state index contributed by atoms with van der Waals surface area (Å²) in [7, 11) is 0. The second kappa shape index (κ2) is 4.06. The van der Waals surface area contributed by atoms with Crippen molar-refractivity contribution in [3.05, 3.63) is 5.01 Å². The zero-order valence-corrected chi connectivity index (χ0v) is 10.5. The van der Waals surface area contributed by atoms with Gasteiger partial charge in [0.25, 0.3) is 0 Å². The van der Waals surface area contributed by atoms with E-state index in [1.807, 2.05) is 6.92 Å². The Morgan fingerprint density at radius 3 is 2.62 bits per heavy atom. The Labute approximate surface area is 102 Å². The fourth-order valence-corrected chi connectivity index (χ4v) is 2.56. The number of carbonyl (C=O) groups excluding carboxylic acids is 1. The zero-order chi connectivity index (χ0) is 11.8. The van der Waals surface area contributed by atoms with Crippen LogP contribution in [0.4, 0.5) is 5.13 Å². The van der Waals surface area contributed by atoms with Gasteiger partial charge >= 0.3 is 0 Å². The Hall–Kier alpha value is -1.08. The fraction of sp³-hybridized carbons (Fsp3) is 0.556. The number of hydrogen-bond donors (Lipinski definition) is 2. The van der Waals surface area contributed by atoms with Crippen molar-refractivity contribution in [2.75, 3.05) is 5.32 Å². The van der Waals surface area contributed by atoms with Crippen LogP contribution < -0.4 is 11.1 Å². The lowest BCUT2D eigenvalue weighted by Gasteiger charge is -2.38.